The highest BCUT2D eigenvalue weighted by Crippen LogP contribution is 2.30. The van der Waals surface area contributed by atoms with E-state index in [4.69, 9.17) is 21.2 Å². The van der Waals surface area contributed by atoms with E-state index in [0.717, 1.165) is 36.4 Å². The molecular formula is C29H31ClFN7O4. The summed E-state index contributed by atoms with van der Waals surface area (Å²) in [7, 11) is 0. The molecule has 2 fully saturated rings. The lowest BCUT2D eigenvalue weighted by atomic mass is 10.0. The number of aryl methyl sites for hydroxylation is 1. The van der Waals surface area contributed by atoms with Crippen LogP contribution in [-0.4, -0.2) is 76.5 Å². The number of aromatic nitrogens is 4. The normalized spacial score (nSPS) is 16.1. The van der Waals surface area contributed by atoms with Crippen molar-refractivity contribution in [2.24, 2.45) is 5.92 Å². The van der Waals surface area contributed by atoms with Gasteiger partial charge < -0.3 is 30.1 Å². The minimum Gasteiger partial charge on any atom is -0.408 e. The standard InChI is InChI=1S/C29H31ClFN7O4/c1-17-23(14-24(34-17)28(40)37-9-7-32-8-10-37)35-29-33-15-19-13-20(25-21(30)3-2-4-22(25)31)27(39)38(26(19)36-29)42-16-18-5-11-41-12-6-18/h2-4,13-15,18,32,34H,5-12,16H2,1H3,(H,33,35,36). The number of halogens is 2. The van der Waals surface area contributed by atoms with Gasteiger partial charge in [0.25, 0.3) is 11.5 Å². The molecule has 0 atom stereocenters. The molecule has 0 bridgehead atoms. The molecule has 0 unspecified atom stereocenters. The van der Waals surface area contributed by atoms with Crippen LogP contribution in [0.1, 0.15) is 29.0 Å². The Bertz CT molecular complexity index is 1660. The molecule has 2 aliphatic heterocycles. The number of amides is 1. The number of piperazine rings is 1. The number of ether oxygens (including phenoxy) is 1. The van der Waals surface area contributed by atoms with E-state index in [0.29, 0.717) is 43.1 Å². The molecular weight excluding hydrogens is 565 g/mol. The second-order valence-corrected chi connectivity index (χ2v) is 10.9. The van der Waals surface area contributed by atoms with Gasteiger partial charge in [-0.1, -0.05) is 17.7 Å². The average molecular weight is 596 g/mol. The van der Waals surface area contributed by atoms with Crippen molar-refractivity contribution in [3.63, 3.8) is 0 Å². The van der Waals surface area contributed by atoms with E-state index in [1.807, 2.05) is 6.92 Å². The topological polar surface area (TPSA) is 126 Å². The first-order valence-electron chi connectivity index (χ1n) is 13.9. The Morgan fingerprint density at radius 1 is 1.24 bits per heavy atom. The Kier molecular flexibility index (Phi) is 8.09. The molecule has 6 rings (SSSR count). The maximum Gasteiger partial charge on any atom is 0.293 e. The van der Waals surface area contributed by atoms with E-state index in [1.54, 1.807) is 11.0 Å². The summed E-state index contributed by atoms with van der Waals surface area (Å²) in [6, 6.07) is 7.51. The van der Waals surface area contributed by atoms with E-state index < -0.39 is 11.4 Å². The smallest absolute Gasteiger partial charge is 0.293 e. The van der Waals surface area contributed by atoms with Crippen molar-refractivity contribution in [1.82, 2.24) is 29.9 Å². The number of benzene rings is 1. The van der Waals surface area contributed by atoms with Crippen molar-refractivity contribution in [3.05, 3.63) is 69.1 Å². The van der Waals surface area contributed by atoms with Crippen LogP contribution >= 0.6 is 11.6 Å². The fourth-order valence-electron chi connectivity index (χ4n) is 5.24. The number of H-pyrrole nitrogens is 1. The number of hydrogen-bond donors (Lipinski definition) is 3. The number of rotatable bonds is 7. The molecule has 3 N–H and O–H groups in total. The molecule has 2 saturated heterocycles. The summed E-state index contributed by atoms with van der Waals surface area (Å²) in [5.41, 5.74) is 1.47. The number of nitrogens with zero attached hydrogens (tertiary/aromatic N) is 4. The molecule has 5 heterocycles. The summed E-state index contributed by atoms with van der Waals surface area (Å²) >= 11 is 6.33. The van der Waals surface area contributed by atoms with E-state index in [9.17, 15) is 14.0 Å². The van der Waals surface area contributed by atoms with Crippen molar-refractivity contribution in [2.45, 2.75) is 19.8 Å². The van der Waals surface area contributed by atoms with Crippen LogP contribution in [0.4, 0.5) is 16.0 Å². The van der Waals surface area contributed by atoms with Crippen LogP contribution in [-0.2, 0) is 4.74 Å². The molecule has 4 aromatic rings. The molecule has 0 aliphatic carbocycles. The second-order valence-electron chi connectivity index (χ2n) is 10.5. The highest BCUT2D eigenvalue weighted by atomic mass is 35.5. The lowest BCUT2D eigenvalue weighted by molar-refractivity contribution is 0.0153. The Morgan fingerprint density at radius 2 is 2.02 bits per heavy atom. The zero-order valence-corrected chi connectivity index (χ0v) is 23.8. The maximum atomic E-state index is 14.9. The van der Waals surface area contributed by atoms with Gasteiger partial charge >= 0.3 is 0 Å². The monoisotopic (exact) mass is 595 g/mol. The van der Waals surface area contributed by atoms with Gasteiger partial charge in [-0.3, -0.25) is 9.59 Å². The van der Waals surface area contributed by atoms with Crippen molar-refractivity contribution >= 4 is 40.2 Å². The Balaban J connectivity index is 1.36. The molecule has 13 heteroatoms. The quantitative estimate of drug-likeness (QED) is 0.296. The van der Waals surface area contributed by atoms with Gasteiger partial charge in [0.15, 0.2) is 5.65 Å². The highest BCUT2D eigenvalue weighted by Gasteiger charge is 2.23. The van der Waals surface area contributed by atoms with Gasteiger partial charge in [0.1, 0.15) is 18.1 Å². The highest BCUT2D eigenvalue weighted by molar-refractivity contribution is 6.33. The predicted octanol–water partition coefficient (Wildman–Crippen LogP) is 3.53. The van der Waals surface area contributed by atoms with Gasteiger partial charge in [-0.2, -0.15) is 4.98 Å². The number of nitrogens with one attached hydrogen (secondary N) is 3. The first-order chi connectivity index (χ1) is 20.4. The Labute approximate surface area is 246 Å². The average Bonchev–Trinajstić information content (AvgIpc) is 3.37. The molecule has 220 valence electrons. The van der Waals surface area contributed by atoms with Crippen molar-refractivity contribution in [1.29, 1.82) is 0 Å². The van der Waals surface area contributed by atoms with Gasteiger partial charge in [-0.15, -0.1) is 4.73 Å². The van der Waals surface area contributed by atoms with E-state index in [-0.39, 0.29) is 46.2 Å². The molecule has 42 heavy (non-hydrogen) atoms. The third-order valence-corrected chi connectivity index (χ3v) is 7.93. The lowest BCUT2D eigenvalue weighted by Gasteiger charge is -2.26. The molecule has 11 nitrogen and oxygen atoms in total. The first kappa shape index (κ1) is 28.1. The molecule has 1 aromatic carbocycles. The van der Waals surface area contributed by atoms with Gasteiger partial charge in [0, 0.05) is 62.2 Å². The third kappa shape index (κ3) is 5.69. The minimum atomic E-state index is -0.622. The number of anilines is 2. The summed E-state index contributed by atoms with van der Waals surface area (Å²) < 4.78 is 21.4. The summed E-state index contributed by atoms with van der Waals surface area (Å²) in [6.07, 6.45) is 3.13. The molecule has 1 amide bonds. The van der Waals surface area contributed by atoms with Gasteiger partial charge in [0.05, 0.1) is 16.3 Å². The van der Waals surface area contributed by atoms with Gasteiger partial charge in [-0.25, -0.2) is 9.37 Å². The third-order valence-electron chi connectivity index (χ3n) is 7.61. The zero-order chi connectivity index (χ0) is 29.2. The second kappa shape index (κ2) is 12.1. The Morgan fingerprint density at radius 3 is 2.79 bits per heavy atom. The van der Waals surface area contributed by atoms with E-state index in [2.05, 4.69) is 25.6 Å². The number of carbonyl (C=O) groups excluding carboxylic acids is 1. The number of hydrogen-bond acceptors (Lipinski definition) is 8. The van der Waals surface area contributed by atoms with Crippen LogP contribution in [0.5, 0.6) is 0 Å². The van der Waals surface area contributed by atoms with E-state index >= 15 is 0 Å². The summed E-state index contributed by atoms with van der Waals surface area (Å²) in [5.74, 6) is -0.315. The van der Waals surface area contributed by atoms with Gasteiger partial charge in [0.2, 0.25) is 5.95 Å². The molecule has 3 aromatic heterocycles. The van der Waals surface area contributed by atoms with Crippen LogP contribution in [0, 0.1) is 18.7 Å². The van der Waals surface area contributed by atoms with Crippen molar-refractivity contribution in [3.8, 4) is 11.1 Å². The minimum absolute atomic E-state index is 0.0127. The maximum absolute atomic E-state index is 14.9. The molecule has 2 aliphatic rings. The van der Waals surface area contributed by atoms with Crippen LogP contribution in [0.3, 0.4) is 0 Å². The molecule has 0 spiro atoms. The fourth-order valence-corrected chi connectivity index (χ4v) is 5.50. The SMILES string of the molecule is Cc1[nH]c(C(=O)N2CCNCC2)cc1Nc1ncc2cc(-c3c(F)cccc3Cl)c(=O)n(OCC3CCOCC3)c2n1. The van der Waals surface area contributed by atoms with Crippen LogP contribution in [0.2, 0.25) is 5.02 Å². The van der Waals surface area contributed by atoms with Crippen LogP contribution in [0.25, 0.3) is 22.2 Å². The fraction of sp³-hybridized carbons (Fsp3) is 0.379. The van der Waals surface area contributed by atoms with Crippen LogP contribution in [0.15, 0.2) is 41.3 Å². The number of pyridine rings is 1. The Hall–Kier alpha value is -4.00. The van der Waals surface area contributed by atoms with Crippen molar-refractivity contribution < 1.29 is 18.8 Å². The van der Waals surface area contributed by atoms with Crippen molar-refractivity contribution in [2.75, 3.05) is 51.3 Å². The predicted molar refractivity (Wildman–Crippen MR) is 157 cm³/mol. The summed E-state index contributed by atoms with van der Waals surface area (Å²) in [6.45, 7) is 6.14. The van der Waals surface area contributed by atoms with Crippen LogP contribution < -0.4 is 21.0 Å². The summed E-state index contributed by atoms with van der Waals surface area (Å²) in [4.78, 5) is 46.8. The summed E-state index contributed by atoms with van der Waals surface area (Å²) in [5, 5.41) is 6.96. The number of fused-ring (bicyclic) bond motifs is 1. The number of aromatic amines is 1. The van der Waals surface area contributed by atoms with E-state index in [1.165, 1.54) is 30.5 Å². The largest absolute Gasteiger partial charge is 0.408 e. The molecule has 0 radical (unpaired) electrons. The number of carbonyl (C=O) groups is 1. The lowest BCUT2D eigenvalue weighted by Crippen LogP contribution is -2.46. The van der Waals surface area contributed by atoms with Gasteiger partial charge in [-0.05, 0) is 49.9 Å². The molecule has 0 saturated carbocycles. The first-order valence-corrected chi connectivity index (χ1v) is 14.3. The zero-order valence-electron chi connectivity index (χ0n) is 23.1.